The van der Waals surface area contributed by atoms with Gasteiger partial charge in [-0.05, 0) is 30.2 Å². The zero-order valence-corrected chi connectivity index (χ0v) is 11.5. The van der Waals surface area contributed by atoms with Crippen LogP contribution in [0.1, 0.15) is 17.9 Å². The molecule has 1 aliphatic heterocycles. The van der Waals surface area contributed by atoms with Gasteiger partial charge in [0.1, 0.15) is 5.82 Å². The topological polar surface area (TPSA) is 54.0 Å². The summed E-state index contributed by atoms with van der Waals surface area (Å²) in [5, 5.41) is 6.69. The molecule has 0 saturated heterocycles. The third-order valence-electron chi connectivity index (χ3n) is 3.37. The van der Waals surface area contributed by atoms with Crippen LogP contribution in [0.2, 0.25) is 5.02 Å². The van der Waals surface area contributed by atoms with E-state index >= 15 is 0 Å². The predicted molar refractivity (Wildman–Crippen MR) is 80.2 cm³/mol. The minimum atomic E-state index is -0.159. The highest BCUT2D eigenvalue weighted by Crippen LogP contribution is 2.32. The molecule has 0 radical (unpaired) electrons. The lowest BCUT2D eigenvalue weighted by Crippen LogP contribution is -2.27. The van der Waals surface area contributed by atoms with Crippen molar-refractivity contribution in [2.45, 2.75) is 12.3 Å². The van der Waals surface area contributed by atoms with Crippen molar-refractivity contribution in [1.29, 1.82) is 0 Å². The molecule has 1 atom stereocenters. The van der Waals surface area contributed by atoms with E-state index < -0.39 is 0 Å². The molecule has 2 aromatic rings. The maximum absolute atomic E-state index is 12.4. The van der Waals surface area contributed by atoms with Crippen molar-refractivity contribution in [3.63, 3.8) is 0 Å². The summed E-state index contributed by atoms with van der Waals surface area (Å²) in [5.41, 5.74) is 2.05. The number of hydrogen-bond acceptors (Lipinski definition) is 3. The van der Waals surface area contributed by atoms with Crippen LogP contribution in [-0.2, 0) is 4.79 Å². The Labute approximate surface area is 122 Å². The normalized spacial score (nSPS) is 16.9. The van der Waals surface area contributed by atoms with Gasteiger partial charge in [-0.25, -0.2) is 4.98 Å². The Morgan fingerprint density at radius 1 is 1.35 bits per heavy atom. The molecular formula is C15H14ClN3O. The minimum Gasteiger partial charge on any atom is -0.385 e. The van der Waals surface area contributed by atoms with Crippen LogP contribution in [-0.4, -0.2) is 17.4 Å². The van der Waals surface area contributed by atoms with Gasteiger partial charge < -0.3 is 10.6 Å². The highest BCUT2D eigenvalue weighted by atomic mass is 35.5. The van der Waals surface area contributed by atoms with E-state index in [0.717, 1.165) is 24.2 Å². The molecule has 1 unspecified atom stereocenters. The average molecular weight is 288 g/mol. The number of aromatic nitrogens is 1. The molecular weight excluding hydrogens is 274 g/mol. The van der Waals surface area contributed by atoms with E-state index in [4.69, 9.17) is 11.6 Å². The van der Waals surface area contributed by atoms with Crippen molar-refractivity contribution in [2.24, 2.45) is 0 Å². The number of nitrogens with zero attached hydrogens (tertiary/aromatic N) is 1. The molecule has 4 nitrogen and oxygen atoms in total. The molecule has 0 saturated carbocycles. The molecule has 3 rings (SSSR count). The van der Waals surface area contributed by atoms with Crippen LogP contribution in [0.4, 0.5) is 11.5 Å². The van der Waals surface area contributed by atoms with Gasteiger partial charge >= 0.3 is 0 Å². The number of carbonyl (C=O) groups is 1. The van der Waals surface area contributed by atoms with Gasteiger partial charge in [-0.3, -0.25) is 4.79 Å². The predicted octanol–water partition coefficient (Wildman–Crippen LogP) is 3.27. The number of benzene rings is 1. The SMILES string of the molecule is O=C(Nc1cc(Cl)ccn1)C1CCNc2ccccc21. The second-order valence-electron chi connectivity index (χ2n) is 4.70. The van der Waals surface area contributed by atoms with Crippen LogP contribution in [0.5, 0.6) is 0 Å². The summed E-state index contributed by atoms with van der Waals surface area (Å²) in [7, 11) is 0. The van der Waals surface area contributed by atoms with Gasteiger partial charge in [-0.1, -0.05) is 29.8 Å². The Hall–Kier alpha value is -2.07. The van der Waals surface area contributed by atoms with Crippen LogP contribution in [0.15, 0.2) is 42.6 Å². The van der Waals surface area contributed by atoms with Gasteiger partial charge in [0.05, 0.1) is 5.92 Å². The summed E-state index contributed by atoms with van der Waals surface area (Å²) >= 11 is 5.89. The van der Waals surface area contributed by atoms with E-state index in [1.54, 1.807) is 18.3 Å². The summed E-state index contributed by atoms with van der Waals surface area (Å²) < 4.78 is 0. The quantitative estimate of drug-likeness (QED) is 0.891. The number of fused-ring (bicyclic) bond motifs is 1. The number of nitrogens with one attached hydrogen (secondary N) is 2. The first-order chi connectivity index (χ1) is 9.74. The van der Waals surface area contributed by atoms with Crippen molar-refractivity contribution >= 4 is 29.0 Å². The highest BCUT2D eigenvalue weighted by molar-refractivity contribution is 6.30. The van der Waals surface area contributed by atoms with Crippen molar-refractivity contribution in [3.8, 4) is 0 Å². The zero-order valence-electron chi connectivity index (χ0n) is 10.8. The first kappa shape index (κ1) is 12.9. The summed E-state index contributed by atoms with van der Waals surface area (Å²) in [4.78, 5) is 16.5. The molecule has 2 N–H and O–H groups in total. The van der Waals surface area contributed by atoms with Gasteiger partial charge in [-0.15, -0.1) is 0 Å². The third-order valence-corrected chi connectivity index (χ3v) is 3.61. The Morgan fingerprint density at radius 2 is 2.20 bits per heavy atom. The Kier molecular flexibility index (Phi) is 3.56. The maximum Gasteiger partial charge on any atom is 0.233 e. The molecule has 5 heteroatoms. The number of anilines is 2. The van der Waals surface area contributed by atoms with Gasteiger partial charge in [0.2, 0.25) is 5.91 Å². The summed E-state index contributed by atoms with van der Waals surface area (Å²) in [6.45, 7) is 0.790. The maximum atomic E-state index is 12.4. The molecule has 0 fully saturated rings. The van der Waals surface area contributed by atoms with Crippen LogP contribution >= 0.6 is 11.6 Å². The van der Waals surface area contributed by atoms with Crippen molar-refractivity contribution < 1.29 is 4.79 Å². The monoisotopic (exact) mass is 287 g/mol. The van der Waals surface area contributed by atoms with Crippen molar-refractivity contribution in [3.05, 3.63) is 53.2 Å². The fourth-order valence-electron chi connectivity index (χ4n) is 2.43. The highest BCUT2D eigenvalue weighted by Gasteiger charge is 2.26. The molecule has 1 aromatic carbocycles. The fraction of sp³-hybridized carbons (Fsp3) is 0.200. The van der Waals surface area contributed by atoms with E-state index in [2.05, 4.69) is 15.6 Å². The lowest BCUT2D eigenvalue weighted by Gasteiger charge is -2.25. The first-order valence-electron chi connectivity index (χ1n) is 6.49. The number of pyridine rings is 1. The lowest BCUT2D eigenvalue weighted by atomic mass is 9.90. The molecule has 2 heterocycles. The van der Waals surface area contributed by atoms with Gasteiger partial charge in [0.25, 0.3) is 0 Å². The largest absolute Gasteiger partial charge is 0.385 e. The molecule has 20 heavy (non-hydrogen) atoms. The van der Waals surface area contributed by atoms with Gasteiger partial charge in [-0.2, -0.15) is 0 Å². The van der Waals surface area contributed by atoms with Crippen LogP contribution in [0.3, 0.4) is 0 Å². The van der Waals surface area contributed by atoms with E-state index in [9.17, 15) is 4.79 Å². The van der Waals surface area contributed by atoms with Crippen molar-refractivity contribution in [2.75, 3.05) is 17.2 Å². The number of carbonyl (C=O) groups excluding carboxylic acids is 1. The minimum absolute atomic E-state index is 0.0475. The van der Waals surface area contributed by atoms with Crippen LogP contribution in [0, 0.1) is 0 Å². The summed E-state index contributed by atoms with van der Waals surface area (Å²) in [5.74, 6) is 0.278. The number of hydrogen-bond donors (Lipinski definition) is 2. The van der Waals surface area contributed by atoms with E-state index in [1.165, 1.54) is 0 Å². The molecule has 1 aromatic heterocycles. The smallest absolute Gasteiger partial charge is 0.233 e. The standard InChI is InChI=1S/C15H14ClN3O/c16-10-5-7-18-14(9-10)19-15(20)12-6-8-17-13-4-2-1-3-11(12)13/h1-5,7,9,12,17H,6,8H2,(H,18,19,20). The summed E-state index contributed by atoms with van der Waals surface area (Å²) in [6.07, 6.45) is 2.34. The number of amides is 1. The average Bonchev–Trinajstić information content (AvgIpc) is 2.46. The summed E-state index contributed by atoms with van der Waals surface area (Å²) in [6, 6.07) is 11.2. The van der Waals surface area contributed by atoms with Crippen LogP contribution < -0.4 is 10.6 Å². The van der Waals surface area contributed by atoms with E-state index in [0.29, 0.717) is 10.8 Å². The van der Waals surface area contributed by atoms with E-state index in [1.807, 2.05) is 24.3 Å². The molecule has 102 valence electrons. The molecule has 0 aliphatic carbocycles. The number of halogens is 1. The molecule has 0 bridgehead atoms. The van der Waals surface area contributed by atoms with Crippen molar-refractivity contribution in [1.82, 2.24) is 4.98 Å². The first-order valence-corrected chi connectivity index (χ1v) is 6.87. The number of rotatable bonds is 2. The second-order valence-corrected chi connectivity index (χ2v) is 5.14. The zero-order chi connectivity index (χ0) is 13.9. The Balaban J connectivity index is 1.82. The molecule has 1 aliphatic rings. The van der Waals surface area contributed by atoms with E-state index in [-0.39, 0.29) is 11.8 Å². The molecule has 1 amide bonds. The second kappa shape index (κ2) is 5.51. The van der Waals surface area contributed by atoms with Gasteiger partial charge in [0.15, 0.2) is 0 Å². The molecule has 0 spiro atoms. The third kappa shape index (κ3) is 2.60. The fourth-order valence-corrected chi connectivity index (χ4v) is 2.59. The van der Waals surface area contributed by atoms with Crippen LogP contribution in [0.25, 0.3) is 0 Å². The Morgan fingerprint density at radius 3 is 3.05 bits per heavy atom. The van der Waals surface area contributed by atoms with Gasteiger partial charge in [0, 0.05) is 23.5 Å². The lowest BCUT2D eigenvalue weighted by molar-refractivity contribution is -0.117. The Bertz CT molecular complexity index is 645. The number of para-hydroxylation sites is 1.